The summed E-state index contributed by atoms with van der Waals surface area (Å²) in [4.78, 5) is 20.7. The predicted octanol–water partition coefficient (Wildman–Crippen LogP) is 6.17. The summed E-state index contributed by atoms with van der Waals surface area (Å²) in [7, 11) is 3.26. The van der Waals surface area contributed by atoms with E-state index in [0.717, 1.165) is 19.6 Å². The van der Waals surface area contributed by atoms with Gasteiger partial charge in [0.1, 0.15) is 24.0 Å². The second-order valence-corrected chi connectivity index (χ2v) is 8.81. The van der Waals surface area contributed by atoms with Crippen LogP contribution in [-0.2, 0) is 9.47 Å². The third kappa shape index (κ3) is 11.2. The molecule has 1 aromatic carbocycles. The molecule has 0 aliphatic carbocycles. The van der Waals surface area contributed by atoms with Crippen LogP contribution in [0.1, 0.15) is 33.0 Å². The predicted molar refractivity (Wildman–Crippen MR) is 166 cm³/mol. The molecule has 3 aromatic rings. The number of benzene rings is 1. The zero-order chi connectivity index (χ0) is 31.6. The van der Waals surface area contributed by atoms with E-state index in [2.05, 4.69) is 32.3 Å². The molecule has 1 fully saturated rings. The molecular formula is C30H40ClN5O7. The van der Waals surface area contributed by atoms with Crippen LogP contribution in [0.15, 0.2) is 65.3 Å². The van der Waals surface area contributed by atoms with Gasteiger partial charge in [-0.15, -0.1) is 11.6 Å². The molecule has 0 spiro atoms. The Morgan fingerprint density at radius 1 is 1.16 bits per heavy atom. The molecule has 43 heavy (non-hydrogen) atoms. The van der Waals surface area contributed by atoms with E-state index < -0.39 is 6.03 Å². The number of rotatable bonds is 12. The Labute approximate surface area is 257 Å². The van der Waals surface area contributed by atoms with Gasteiger partial charge in [0, 0.05) is 24.9 Å². The number of hydrogen-bond donors (Lipinski definition) is 2. The lowest BCUT2D eigenvalue weighted by atomic mass is 10.2. The summed E-state index contributed by atoms with van der Waals surface area (Å²) in [5, 5.41) is 9.53. The van der Waals surface area contributed by atoms with Crippen molar-refractivity contribution in [2.24, 2.45) is 0 Å². The molecule has 0 saturated carbocycles. The van der Waals surface area contributed by atoms with Gasteiger partial charge in [-0.05, 0) is 37.6 Å². The van der Waals surface area contributed by atoms with Gasteiger partial charge in [0.25, 0.3) is 0 Å². The highest BCUT2D eigenvalue weighted by molar-refractivity contribution is 6.19. The number of urea groups is 1. The van der Waals surface area contributed by atoms with Crippen LogP contribution in [0.5, 0.6) is 17.4 Å². The summed E-state index contributed by atoms with van der Waals surface area (Å²) in [5.74, 6) is 2.70. The molecule has 1 aliphatic heterocycles. The van der Waals surface area contributed by atoms with Gasteiger partial charge in [0.05, 0.1) is 43.7 Å². The number of amides is 2. The van der Waals surface area contributed by atoms with Crippen LogP contribution < -0.4 is 24.8 Å². The number of aromatic nitrogens is 3. The molecule has 0 radical (unpaired) electrons. The van der Waals surface area contributed by atoms with Crippen LogP contribution in [0.25, 0.3) is 10.9 Å². The number of carbonyl (C=O) groups is 1. The lowest BCUT2D eigenvalue weighted by Gasteiger charge is -2.23. The lowest BCUT2D eigenvalue weighted by Crippen LogP contribution is -2.34. The first-order valence-corrected chi connectivity index (χ1v) is 14.3. The summed E-state index contributed by atoms with van der Waals surface area (Å²) in [6, 6.07) is 4.61. The number of alkyl halides is 1. The van der Waals surface area contributed by atoms with Gasteiger partial charge in [0.15, 0.2) is 17.3 Å². The Kier molecular flexibility index (Phi) is 15.6. The molecule has 2 N–H and O–H groups in total. The van der Waals surface area contributed by atoms with Crippen molar-refractivity contribution in [1.29, 1.82) is 0 Å². The van der Waals surface area contributed by atoms with Crippen LogP contribution in [0.3, 0.4) is 0 Å². The van der Waals surface area contributed by atoms with Gasteiger partial charge in [-0.2, -0.15) is 0 Å². The number of halogens is 1. The number of fused-ring (bicyclic) bond motifs is 1. The average molecular weight is 618 g/mol. The summed E-state index contributed by atoms with van der Waals surface area (Å²) in [5.41, 5.74) is 1.04. The zero-order valence-corrected chi connectivity index (χ0v) is 26.2. The first-order valence-electron chi connectivity index (χ1n) is 13.7. The van der Waals surface area contributed by atoms with Crippen molar-refractivity contribution in [3.8, 4) is 17.4 Å². The number of allylic oxidation sites excluding steroid dienone is 4. The fraction of sp³-hybridized carbons (Fsp3) is 0.400. The van der Waals surface area contributed by atoms with Gasteiger partial charge in [0.2, 0.25) is 5.88 Å². The molecule has 234 valence electrons. The maximum Gasteiger partial charge on any atom is 0.324 e. The average Bonchev–Trinajstić information content (AvgIpc) is 3.41. The maximum absolute atomic E-state index is 12.2. The van der Waals surface area contributed by atoms with Crippen LogP contribution in [0.4, 0.5) is 10.6 Å². The fourth-order valence-corrected chi connectivity index (χ4v) is 3.39. The fourth-order valence-electron chi connectivity index (χ4n) is 3.23. The topological polar surface area (TPSA) is 139 Å². The van der Waals surface area contributed by atoms with Crippen molar-refractivity contribution >= 4 is 34.4 Å². The van der Waals surface area contributed by atoms with Crippen LogP contribution >= 0.6 is 11.6 Å². The minimum Gasteiger partial charge on any atom is -0.493 e. The van der Waals surface area contributed by atoms with E-state index in [0.29, 0.717) is 58.2 Å². The van der Waals surface area contributed by atoms with E-state index in [1.165, 1.54) is 12.4 Å². The van der Waals surface area contributed by atoms with Crippen LogP contribution in [0, 0.1) is 6.92 Å². The molecule has 2 aromatic heterocycles. The lowest BCUT2D eigenvalue weighted by molar-refractivity contribution is -0.113. The van der Waals surface area contributed by atoms with E-state index in [4.69, 9.17) is 39.8 Å². The number of carbonyl (C=O) groups excluding carboxylic acids is 1. The van der Waals surface area contributed by atoms with Crippen molar-refractivity contribution in [3.63, 3.8) is 0 Å². The Morgan fingerprint density at radius 2 is 1.93 bits per heavy atom. The number of aryl methyl sites for hydroxylation is 1. The number of nitrogens with zero attached hydrogens (tertiary/aromatic N) is 3. The van der Waals surface area contributed by atoms with E-state index in [-0.39, 0.29) is 11.7 Å². The van der Waals surface area contributed by atoms with Gasteiger partial charge in [-0.3, -0.25) is 5.32 Å². The number of hydrogen-bond acceptors (Lipinski definition) is 10. The van der Waals surface area contributed by atoms with E-state index in [9.17, 15) is 4.79 Å². The Morgan fingerprint density at radius 3 is 2.47 bits per heavy atom. The van der Waals surface area contributed by atoms with E-state index >= 15 is 0 Å². The van der Waals surface area contributed by atoms with Gasteiger partial charge < -0.3 is 33.5 Å². The molecule has 0 unspecified atom stereocenters. The van der Waals surface area contributed by atoms with Crippen molar-refractivity contribution in [2.75, 3.05) is 45.2 Å². The molecule has 13 heteroatoms. The SMILES string of the molecule is C=C/C(=C\C=C(/CCl)NC(=O)Nc1cc(C)on1)Oc1ncnc2cc(OCCC)c(OC)cc12.CC.COC1COC1. The quantitative estimate of drug-likeness (QED) is 0.138. The monoisotopic (exact) mass is 617 g/mol. The molecule has 0 bridgehead atoms. The zero-order valence-electron chi connectivity index (χ0n) is 25.4. The molecule has 0 atom stereocenters. The summed E-state index contributed by atoms with van der Waals surface area (Å²) < 4.78 is 31.7. The number of ether oxygens (including phenoxy) is 5. The smallest absolute Gasteiger partial charge is 0.324 e. The Bertz CT molecular complexity index is 1370. The van der Waals surface area contributed by atoms with Gasteiger partial charge in [-0.25, -0.2) is 14.8 Å². The van der Waals surface area contributed by atoms with Gasteiger partial charge in [-0.1, -0.05) is 32.5 Å². The summed E-state index contributed by atoms with van der Waals surface area (Å²) >= 11 is 5.98. The largest absolute Gasteiger partial charge is 0.493 e. The third-order valence-electron chi connectivity index (χ3n) is 5.44. The standard InChI is InChI=1S/C24H26ClN5O5.C4H8O2.C2H6/c1-5-9-33-21-12-19-18(11-20(21)32-4)23(27-14-26-19)34-17(6-2)8-7-16(13-25)28-24(31)29-22-10-15(3)35-30-22;1-5-4-2-6-3-4;1-2/h6-8,10-12,14H,2,5,9,13H2,1,3-4H3,(H2,28,29,30,31);4H,2-3H2,1H3;1-2H3/b16-7+,17-8+;;. The first-order chi connectivity index (χ1) is 20.9. The summed E-state index contributed by atoms with van der Waals surface area (Å²) in [6.07, 6.45) is 7.36. The highest BCUT2D eigenvalue weighted by Crippen LogP contribution is 2.35. The highest BCUT2D eigenvalue weighted by atomic mass is 35.5. The second-order valence-electron chi connectivity index (χ2n) is 8.55. The van der Waals surface area contributed by atoms with Gasteiger partial charge >= 0.3 is 6.03 Å². The van der Waals surface area contributed by atoms with E-state index in [1.807, 2.05) is 20.8 Å². The molecule has 2 amide bonds. The van der Waals surface area contributed by atoms with Crippen LogP contribution in [-0.4, -0.2) is 67.2 Å². The van der Waals surface area contributed by atoms with Crippen molar-refractivity contribution in [3.05, 3.63) is 66.5 Å². The molecular weight excluding hydrogens is 578 g/mol. The number of methoxy groups -OCH3 is 2. The molecule has 4 rings (SSSR count). The maximum atomic E-state index is 12.2. The molecule has 1 saturated heterocycles. The summed E-state index contributed by atoms with van der Waals surface area (Å²) in [6.45, 7) is 13.7. The van der Waals surface area contributed by atoms with E-state index in [1.54, 1.807) is 51.5 Å². The minimum absolute atomic E-state index is 0.0420. The molecule has 1 aliphatic rings. The highest BCUT2D eigenvalue weighted by Gasteiger charge is 2.16. The first kappa shape index (κ1) is 35.1. The number of anilines is 1. The van der Waals surface area contributed by atoms with Crippen LogP contribution in [0.2, 0.25) is 0 Å². The molecule has 12 nitrogen and oxygen atoms in total. The Balaban J connectivity index is 0.000000706. The van der Waals surface area contributed by atoms with Crippen molar-refractivity contribution in [1.82, 2.24) is 20.4 Å². The molecule has 3 heterocycles. The second kappa shape index (κ2) is 19.1. The van der Waals surface area contributed by atoms with Crippen molar-refractivity contribution in [2.45, 2.75) is 40.2 Å². The Hall–Kier alpha value is -4.13. The minimum atomic E-state index is -0.519. The number of nitrogens with one attached hydrogen (secondary N) is 2. The van der Waals surface area contributed by atoms with Crippen molar-refractivity contribution < 1.29 is 33.0 Å². The third-order valence-corrected chi connectivity index (χ3v) is 5.73. The normalized spacial score (nSPS) is 13.0.